The van der Waals surface area contributed by atoms with Crippen molar-refractivity contribution in [2.24, 2.45) is 0 Å². The predicted octanol–water partition coefficient (Wildman–Crippen LogP) is 1.45. The van der Waals surface area contributed by atoms with Gasteiger partial charge in [-0.2, -0.15) is 0 Å². The second-order valence-electron chi connectivity index (χ2n) is 3.78. The third-order valence-corrected chi connectivity index (χ3v) is 3.73. The number of aliphatic hydroxyl groups excluding tert-OH is 1. The van der Waals surface area contributed by atoms with E-state index < -0.39 is 19.0 Å². The van der Waals surface area contributed by atoms with Gasteiger partial charge in [-0.05, 0) is 0 Å². The van der Waals surface area contributed by atoms with Crippen molar-refractivity contribution in [1.29, 1.82) is 0 Å². The maximum Gasteiger partial charge on any atom is 0.286 e. The number of ether oxygens (including phenoxy) is 1. The molecule has 1 N–H and O–H groups in total. The zero-order valence-electron chi connectivity index (χ0n) is 9.23. The van der Waals surface area contributed by atoms with E-state index in [1.165, 1.54) is 6.20 Å². The van der Waals surface area contributed by atoms with E-state index in [-0.39, 0.29) is 4.88 Å². The average Bonchev–Trinajstić information content (AvgIpc) is 2.80. The van der Waals surface area contributed by atoms with Crippen LogP contribution in [-0.4, -0.2) is 43.0 Å². The number of aromatic nitrogens is 1. The Balaban J connectivity index is 2.09. The molecule has 7 heteroatoms. The van der Waals surface area contributed by atoms with Gasteiger partial charge in [0.25, 0.3) is 5.92 Å². The van der Waals surface area contributed by atoms with Crippen molar-refractivity contribution in [3.8, 4) is 0 Å². The van der Waals surface area contributed by atoms with Gasteiger partial charge in [-0.1, -0.05) is 11.3 Å². The highest BCUT2D eigenvalue weighted by Crippen LogP contribution is 2.37. The third-order valence-electron chi connectivity index (χ3n) is 2.56. The van der Waals surface area contributed by atoms with E-state index in [0.29, 0.717) is 31.4 Å². The number of rotatable bonds is 4. The maximum atomic E-state index is 13.5. The van der Waals surface area contributed by atoms with E-state index in [1.54, 1.807) is 0 Å². The van der Waals surface area contributed by atoms with Crippen molar-refractivity contribution >= 4 is 16.5 Å². The molecule has 0 amide bonds. The summed E-state index contributed by atoms with van der Waals surface area (Å²) < 4.78 is 32.2. The lowest BCUT2D eigenvalue weighted by Crippen LogP contribution is -2.36. The number of nitrogens with zero attached hydrogens (tertiary/aromatic N) is 2. The van der Waals surface area contributed by atoms with Gasteiger partial charge in [0, 0.05) is 32.3 Å². The molecule has 0 spiro atoms. The lowest BCUT2D eigenvalue weighted by molar-refractivity contribution is -0.0235. The van der Waals surface area contributed by atoms with Crippen molar-refractivity contribution in [2.45, 2.75) is 12.3 Å². The molecule has 0 aromatic carbocycles. The fraction of sp³-hybridized carbons (Fsp3) is 0.700. The van der Waals surface area contributed by atoms with Crippen molar-refractivity contribution in [3.05, 3.63) is 11.1 Å². The summed E-state index contributed by atoms with van der Waals surface area (Å²) in [6.45, 7) is 2.03. The first-order valence-electron chi connectivity index (χ1n) is 5.41. The van der Waals surface area contributed by atoms with Gasteiger partial charge < -0.3 is 14.7 Å². The van der Waals surface area contributed by atoms with Crippen LogP contribution in [0.2, 0.25) is 0 Å². The minimum Gasteiger partial charge on any atom is -0.396 e. The first-order chi connectivity index (χ1) is 8.13. The summed E-state index contributed by atoms with van der Waals surface area (Å²) >= 11 is 0.984. The van der Waals surface area contributed by atoms with Crippen molar-refractivity contribution in [3.63, 3.8) is 0 Å². The third kappa shape index (κ3) is 2.91. The summed E-state index contributed by atoms with van der Waals surface area (Å²) in [7, 11) is 0. The van der Waals surface area contributed by atoms with E-state index in [4.69, 9.17) is 9.84 Å². The summed E-state index contributed by atoms with van der Waals surface area (Å²) in [6.07, 6.45) is 0.642. The summed E-state index contributed by atoms with van der Waals surface area (Å²) in [4.78, 5) is 5.86. The van der Waals surface area contributed by atoms with Crippen LogP contribution in [0.4, 0.5) is 13.9 Å². The summed E-state index contributed by atoms with van der Waals surface area (Å²) in [5.74, 6) is -2.99. The van der Waals surface area contributed by atoms with Crippen molar-refractivity contribution in [2.75, 3.05) is 37.8 Å². The molecule has 0 bridgehead atoms. The van der Waals surface area contributed by atoms with Gasteiger partial charge in [-0.25, -0.2) is 13.8 Å². The van der Waals surface area contributed by atoms with Gasteiger partial charge >= 0.3 is 0 Å². The summed E-state index contributed by atoms with van der Waals surface area (Å²) in [6, 6.07) is 0. The number of hydrogen-bond donors (Lipinski definition) is 1. The Labute approximate surface area is 102 Å². The van der Waals surface area contributed by atoms with Gasteiger partial charge in [-0.3, -0.25) is 0 Å². The molecule has 1 aliphatic heterocycles. The fourth-order valence-corrected chi connectivity index (χ4v) is 2.57. The van der Waals surface area contributed by atoms with Crippen LogP contribution < -0.4 is 4.90 Å². The Morgan fingerprint density at radius 2 is 2.18 bits per heavy atom. The normalized spacial score (nSPS) is 17.5. The van der Waals surface area contributed by atoms with E-state index >= 15 is 0 Å². The Morgan fingerprint density at radius 1 is 1.47 bits per heavy atom. The first kappa shape index (κ1) is 12.7. The number of alkyl halides is 2. The Morgan fingerprint density at radius 3 is 2.82 bits per heavy atom. The molecule has 1 fully saturated rings. The zero-order chi connectivity index (χ0) is 12.3. The second kappa shape index (κ2) is 5.24. The number of anilines is 1. The molecule has 1 aliphatic rings. The van der Waals surface area contributed by atoms with Gasteiger partial charge in [-0.15, -0.1) is 0 Å². The van der Waals surface area contributed by atoms with Crippen LogP contribution in [0.5, 0.6) is 0 Å². The number of hydrogen-bond acceptors (Lipinski definition) is 5. The molecule has 17 heavy (non-hydrogen) atoms. The van der Waals surface area contributed by atoms with Crippen LogP contribution >= 0.6 is 11.3 Å². The molecule has 96 valence electrons. The molecule has 1 saturated heterocycles. The van der Waals surface area contributed by atoms with Crippen LogP contribution in [0.25, 0.3) is 0 Å². The molecular weight excluding hydrogens is 250 g/mol. The number of halogens is 2. The lowest BCUT2D eigenvalue weighted by atomic mass is 10.2. The molecular formula is C10H14F2N2O2S. The molecule has 4 nitrogen and oxygen atoms in total. The Kier molecular flexibility index (Phi) is 3.90. The van der Waals surface area contributed by atoms with E-state index in [0.717, 1.165) is 11.3 Å². The minimum absolute atomic E-state index is 0.0898. The predicted molar refractivity (Wildman–Crippen MR) is 60.7 cm³/mol. The van der Waals surface area contributed by atoms with Gasteiger partial charge in [0.15, 0.2) is 5.13 Å². The fourth-order valence-electron chi connectivity index (χ4n) is 1.60. The van der Waals surface area contributed by atoms with Crippen LogP contribution in [0.1, 0.15) is 11.3 Å². The molecule has 2 rings (SSSR count). The molecule has 1 aromatic heterocycles. The largest absolute Gasteiger partial charge is 0.396 e. The van der Waals surface area contributed by atoms with Gasteiger partial charge in [0.05, 0.1) is 18.1 Å². The molecule has 0 aliphatic carbocycles. The van der Waals surface area contributed by atoms with Gasteiger partial charge in [0.1, 0.15) is 0 Å². The quantitative estimate of drug-likeness (QED) is 0.894. The van der Waals surface area contributed by atoms with Crippen LogP contribution in [0, 0.1) is 0 Å². The highest BCUT2D eigenvalue weighted by Gasteiger charge is 2.33. The average molecular weight is 264 g/mol. The van der Waals surface area contributed by atoms with E-state index in [1.807, 2.05) is 4.90 Å². The molecule has 2 heterocycles. The van der Waals surface area contributed by atoms with Crippen LogP contribution in [0.15, 0.2) is 6.20 Å². The number of thiazole rings is 1. The highest BCUT2D eigenvalue weighted by atomic mass is 32.1. The monoisotopic (exact) mass is 264 g/mol. The first-order valence-corrected chi connectivity index (χ1v) is 6.23. The van der Waals surface area contributed by atoms with E-state index in [9.17, 15) is 8.78 Å². The second-order valence-corrected chi connectivity index (χ2v) is 4.79. The van der Waals surface area contributed by atoms with Crippen molar-refractivity contribution in [1.82, 2.24) is 4.98 Å². The lowest BCUT2D eigenvalue weighted by Gasteiger charge is -2.26. The molecule has 0 atom stereocenters. The molecule has 0 unspecified atom stereocenters. The zero-order valence-corrected chi connectivity index (χ0v) is 10.1. The SMILES string of the molecule is OCCC(F)(F)c1cnc(N2CCOCC2)s1. The minimum atomic E-state index is -2.99. The topological polar surface area (TPSA) is 45.6 Å². The molecule has 1 aromatic rings. The summed E-state index contributed by atoms with van der Waals surface area (Å²) in [5.41, 5.74) is 0. The highest BCUT2D eigenvalue weighted by molar-refractivity contribution is 7.15. The number of aliphatic hydroxyl groups is 1. The van der Waals surface area contributed by atoms with Gasteiger partial charge in [0.2, 0.25) is 0 Å². The standard InChI is InChI=1S/C10H14F2N2O2S/c11-10(12,1-4-15)8-7-13-9(17-8)14-2-5-16-6-3-14/h7,15H,1-6H2. The molecule has 0 radical (unpaired) electrons. The Hall–Kier alpha value is -0.790. The van der Waals surface area contributed by atoms with Crippen molar-refractivity contribution < 1.29 is 18.6 Å². The smallest absolute Gasteiger partial charge is 0.286 e. The Bertz CT molecular complexity index is 367. The summed E-state index contributed by atoms with van der Waals surface area (Å²) in [5, 5.41) is 9.19. The van der Waals surface area contributed by atoms with Crippen LogP contribution in [-0.2, 0) is 10.7 Å². The molecule has 0 saturated carbocycles. The maximum absolute atomic E-state index is 13.5. The number of morpholine rings is 1. The van der Waals surface area contributed by atoms with E-state index in [2.05, 4.69) is 4.98 Å². The van der Waals surface area contributed by atoms with Crippen LogP contribution in [0.3, 0.4) is 0 Å².